The maximum atomic E-state index is 5.96. The highest BCUT2D eigenvalue weighted by molar-refractivity contribution is 6.30. The van der Waals surface area contributed by atoms with Crippen molar-refractivity contribution in [1.82, 2.24) is 10.2 Å². The van der Waals surface area contributed by atoms with Gasteiger partial charge in [-0.05, 0) is 63.0 Å². The molecule has 0 amide bonds. The second-order valence-electron chi connectivity index (χ2n) is 5.90. The van der Waals surface area contributed by atoms with Gasteiger partial charge in [-0.25, -0.2) is 0 Å². The van der Waals surface area contributed by atoms with Crippen LogP contribution in [0.5, 0.6) is 0 Å². The van der Waals surface area contributed by atoms with Crippen LogP contribution in [0.25, 0.3) is 0 Å². The van der Waals surface area contributed by atoms with Crippen LogP contribution in [-0.2, 0) is 0 Å². The fourth-order valence-corrected chi connectivity index (χ4v) is 3.30. The lowest BCUT2D eigenvalue weighted by molar-refractivity contribution is 0.165. The molecule has 1 aromatic carbocycles. The first-order valence-corrected chi connectivity index (χ1v) is 8.25. The number of rotatable bonds is 6. The second-order valence-corrected chi connectivity index (χ2v) is 6.34. The number of halogens is 1. The molecule has 1 N–H and O–H groups in total. The molecular formula is C17H27ClN2. The predicted octanol–water partition coefficient (Wildman–Crippen LogP) is 4.11. The molecule has 2 nitrogen and oxygen atoms in total. The van der Waals surface area contributed by atoms with E-state index in [4.69, 9.17) is 11.6 Å². The topological polar surface area (TPSA) is 15.3 Å². The normalized spacial score (nSPS) is 21.9. The lowest BCUT2D eigenvalue weighted by Gasteiger charge is -2.33. The largest absolute Gasteiger partial charge is 0.313 e. The summed E-state index contributed by atoms with van der Waals surface area (Å²) in [4.78, 5) is 2.64. The summed E-state index contributed by atoms with van der Waals surface area (Å²) in [6, 6.07) is 8.65. The van der Waals surface area contributed by atoms with Crippen LogP contribution in [-0.4, -0.2) is 31.6 Å². The number of hydrogen-bond donors (Lipinski definition) is 1. The van der Waals surface area contributed by atoms with Crippen molar-refractivity contribution in [3.05, 3.63) is 34.9 Å². The summed E-state index contributed by atoms with van der Waals surface area (Å²) < 4.78 is 0. The molecule has 0 aliphatic carbocycles. The molecule has 1 fully saturated rings. The van der Waals surface area contributed by atoms with Crippen molar-refractivity contribution in [3.8, 4) is 0 Å². The molecular weight excluding hydrogens is 268 g/mol. The predicted molar refractivity (Wildman–Crippen MR) is 87.3 cm³/mol. The van der Waals surface area contributed by atoms with Gasteiger partial charge in [0.05, 0.1) is 0 Å². The highest BCUT2D eigenvalue weighted by Gasteiger charge is 2.19. The zero-order valence-electron chi connectivity index (χ0n) is 12.7. The van der Waals surface area contributed by atoms with E-state index >= 15 is 0 Å². The molecule has 0 bridgehead atoms. The number of nitrogens with zero attached hydrogens (tertiary/aromatic N) is 1. The number of likely N-dealkylation sites (tertiary alicyclic amines) is 1. The molecule has 2 unspecified atom stereocenters. The Hall–Kier alpha value is -0.570. The molecule has 1 aliphatic heterocycles. The molecule has 1 aromatic rings. The molecule has 2 atom stereocenters. The first kappa shape index (κ1) is 15.8. The Kier molecular flexibility index (Phi) is 6.34. The van der Waals surface area contributed by atoms with Crippen LogP contribution in [0.2, 0.25) is 5.02 Å². The first-order valence-electron chi connectivity index (χ1n) is 7.88. The van der Waals surface area contributed by atoms with Gasteiger partial charge in [0.1, 0.15) is 0 Å². The van der Waals surface area contributed by atoms with Crippen molar-refractivity contribution in [2.75, 3.05) is 26.7 Å². The summed E-state index contributed by atoms with van der Waals surface area (Å²) >= 11 is 5.96. The third-order valence-corrected chi connectivity index (χ3v) is 4.79. The standard InChI is InChI=1S/C17H27ClN2/c1-3-14-5-4-11-20(13-14)12-10-17(19-2)15-6-8-16(18)9-7-15/h6-9,14,17,19H,3-5,10-13H2,1-2H3. The van der Waals surface area contributed by atoms with Crippen LogP contribution in [0, 0.1) is 5.92 Å². The van der Waals surface area contributed by atoms with Crippen LogP contribution in [0.3, 0.4) is 0 Å². The lowest BCUT2D eigenvalue weighted by atomic mass is 9.95. The molecule has 0 radical (unpaired) electrons. The second kappa shape index (κ2) is 8.02. The van der Waals surface area contributed by atoms with Crippen LogP contribution < -0.4 is 5.32 Å². The van der Waals surface area contributed by atoms with Crippen LogP contribution >= 0.6 is 11.6 Å². The van der Waals surface area contributed by atoms with Crippen molar-refractivity contribution >= 4 is 11.6 Å². The third kappa shape index (κ3) is 4.47. The summed E-state index contributed by atoms with van der Waals surface area (Å²) in [5.74, 6) is 0.910. The minimum absolute atomic E-state index is 0.425. The third-order valence-electron chi connectivity index (χ3n) is 4.54. The zero-order chi connectivity index (χ0) is 14.4. The number of piperidine rings is 1. The fourth-order valence-electron chi connectivity index (χ4n) is 3.17. The molecule has 1 heterocycles. The van der Waals surface area contributed by atoms with E-state index in [1.165, 1.54) is 44.5 Å². The van der Waals surface area contributed by atoms with Crippen molar-refractivity contribution in [3.63, 3.8) is 0 Å². The van der Waals surface area contributed by atoms with E-state index in [2.05, 4.69) is 29.3 Å². The fraction of sp³-hybridized carbons (Fsp3) is 0.647. The van der Waals surface area contributed by atoms with E-state index < -0.39 is 0 Å². The SMILES string of the molecule is CCC1CCCN(CCC(NC)c2ccc(Cl)cc2)C1. The molecule has 2 rings (SSSR count). The molecule has 0 saturated carbocycles. The van der Waals surface area contributed by atoms with E-state index in [0.717, 1.165) is 17.4 Å². The Morgan fingerprint density at radius 1 is 1.35 bits per heavy atom. The van der Waals surface area contributed by atoms with Gasteiger partial charge in [-0.1, -0.05) is 37.1 Å². The average molecular weight is 295 g/mol. The number of hydrogen-bond acceptors (Lipinski definition) is 2. The summed E-state index contributed by atoms with van der Waals surface area (Å²) in [5, 5.41) is 4.24. The smallest absolute Gasteiger partial charge is 0.0406 e. The minimum atomic E-state index is 0.425. The summed E-state index contributed by atoms with van der Waals surface area (Å²) in [6.45, 7) is 6.06. The van der Waals surface area contributed by atoms with Crippen LogP contribution in [0.15, 0.2) is 24.3 Å². The summed E-state index contributed by atoms with van der Waals surface area (Å²) in [6.07, 6.45) is 5.26. The maximum Gasteiger partial charge on any atom is 0.0406 e. The Labute approximate surface area is 128 Å². The first-order chi connectivity index (χ1) is 9.72. The maximum absolute atomic E-state index is 5.96. The van der Waals surface area contributed by atoms with Gasteiger partial charge >= 0.3 is 0 Å². The van der Waals surface area contributed by atoms with Gasteiger partial charge < -0.3 is 10.2 Å². The van der Waals surface area contributed by atoms with Gasteiger partial charge in [-0.3, -0.25) is 0 Å². The summed E-state index contributed by atoms with van der Waals surface area (Å²) in [7, 11) is 2.05. The Morgan fingerprint density at radius 2 is 2.10 bits per heavy atom. The zero-order valence-corrected chi connectivity index (χ0v) is 13.5. The van der Waals surface area contributed by atoms with E-state index in [9.17, 15) is 0 Å². The van der Waals surface area contributed by atoms with Gasteiger partial charge in [0.15, 0.2) is 0 Å². The molecule has 1 saturated heterocycles. The van der Waals surface area contributed by atoms with Crippen molar-refractivity contribution < 1.29 is 0 Å². The van der Waals surface area contributed by atoms with Crippen LogP contribution in [0.4, 0.5) is 0 Å². The van der Waals surface area contributed by atoms with Crippen molar-refractivity contribution in [2.24, 2.45) is 5.92 Å². The quantitative estimate of drug-likeness (QED) is 0.849. The summed E-state index contributed by atoms with van der Waals surface area (Å²) in [5.41, 5.74) is 1.33. The molecule has 3 heteroatoms. The molecule has 1 aliphatic rings. The van der Waals surface area contributed by atoms with E-state index in [1.807, 2.05) is 19.2 Å². The Balaban J connectivity index is 1.85. The highest BCUT2D eigenvalue weighted by atomic mass is 35.5. The van der Waals surface area contributed by atoms with Gasteiger partial charge in [-0.2, -0.15) is 0 Å². The van der Waals surface area contributed by atoms with E-state index in [1.54, 1.807) is 0 Å². The van der Waals surface area contributed by atoms with Gasteiger partial charge in [-0.15, -0.1) is 0 Å². The van der Waals surface area contributed by atoms with Gasteiger partial charge in [0.25, 0.3) is 0 Å². The van der Waals surface area contributed by atoms with Gasteiger partial charge in [0.2, 0.25) is 0 Å². The number of benzene rings is 1. The highest BCUT2D eigenvalue weighted by Crippen LogP contribution is 2.22. The molecule has 112 valence electrons. The molecule has 20 heavy (non-hydrogen) atoms. The van der Waals surface area contributed by atoms with Crippen molar-refractivity contribution in [2.45, 2.75) is 38.6 Å². The van der Waals surface area contributed by atoms with Gasteiger partial charge in [0, 0.05) is 17.6 Å². The minimum Gasteiger partial charge on any atom is -0.313 e. The average Bonchev–Trinajstić information content (AvgIpc) is 2.50. The number of nitrogens with one attached hydrogen (secondary N) is 1. The lowest BCUT2D eigenvalue weighted by Crippen LogP contribution is -2.37. The monoisotopic (exact) mass is 294 g/mol. The van der Waals surface area contributed by atoms with Crippen molar-refractivity contribution in [1.29, 1.82) is 0 Å². The van der Waals surface area contributed by atoms with Crippen LogP contribution in [0.1, 0.15) is 44.2 Å². The molecule has 0 spiro atoms. The van der Waals surface area contributed by atoms with E-state index in [-0.39, 0.29) is 0 Å². The molecule has 0 aromatic heterocycles. The Bertz CT molecular complexity index is 390. The van der Waals surface area contributed by atoms with E-state index in [0.29, 0.717) is 6.04 Å². The Morgan fingerprint density at radius 3 is 2.75 bits per heavy atom.